The molecule has 2 nitrogen and oxygen atoms in total. The van der Waals surface area contributed by atoms with E-state index in [1.165, 1.54) is 19.3 Å². The largest absolute Gasteiger partial charge is 0.459 e. The highest BCUT2D eigenvalue weighted by atomic mass is 16.5. The van der Waals surface area contributed by atoms with E-state index in [2.05, 4.69) is 20.4 Å². The minimum atomic E-state index is -0.269. The highest BCUT2D eigenvalue weighted by Gasteiger charge is 2.13. The van der Waals surface area contributed by atoms with Gasteiger partial charge < -0.3 is 4.74 Å². The van der Waals surface area contributed by atoms with E-state index in [9.17, 15) is 4.79 Å². The third-order valence-electron chi connectivity index (χ3n) is 2.53. The standard InChI is InChI=1S/C14H25O2/c1-5-7-8-9-11-13(10-6-2)16-14(15)12(3)4/h13H,2-3,5-11H2,1,4H3. The Labute approximate surface area is 100 Å². The molecular formula is C14H25O2. The molecule has 0 spiro atoms. The number of carbonyl (C=O) groups is 1. The van der Waals surface area contributed by atoms with Crippen LogP contribution in [-0.4, -0.2) is 12.1 Å². The number of hydrogen-bond acceptors (Lipinski definition) is 2. The Bertz CT molecular complexity index is 209. The van der Waals surface area contributed by atoms with E-state index >= 15 is 0 Å². The Hall–Kier alpha value is -0.790. The maximum atomic E-state index is 11.4. The summed E-state index contributed by atoms with van der Waals surface area (Å²) in [4.78, 5) is 11.4. The zero-order valence-corrected chi connectivity index (χ0v) is 10.8. The van der Waals surface area contributed by atoms with Crippen molar-refractivity contribution in [3.8, 4) is 0 Å². The minimum absolute atomic E-state index is 0.0264. The van der Waals surface area contributed by atoms with E-state index in [-0.39, 0.29) is 12.1 Å². The van der Waals surface area contributed by atoms with Crippen LogP contribution in [0.25, 0.3) is 0 Å². The summed E-state index contributed by atoms with van der Waals surface area (Å²) in [7, 11) is 0. The highest BCUT2D eigenvalue weighted by molar-refractivity contribution is 5.87. The van der Waals surface area contributed by atoms with Crippen molar-refractivity contribution in [3.63, 3.8) is 0 Å². The normalized spacial score (nSPS) is 12.2. The van der Waals surface area contributed by atoms with Gasteiger partial charge in [-0.05, 0) is 32.6 Å². The first kappa shape index (κ1) is 15.2. The maximum Gasteiger partial charge on any atom is 0.333 e. The molecule has 0 saturated heterocycles. The van der Waals surface area contributed by atoms with Crippen molar-refractivity contribution in [2.75, 3.05) is 0 Å². The van der Waals surface area contributed by atoms with Gasteiger partial charge in [0.2, 0.25) is 0 Å². The first-order valence-electron chi connectivity index (χ1n) is 6.27. The lowest BCUT2D eigenvalue weighted by Gasteiger charge is -2.17. The third kappa shape index (κ3) is 7.49. The van der Waals surface area contributed by atoms with Gasteiger partial charge in [0.05, 0.1) is 0 Å². The highest BCUT2D eigenvalue weighted by Crippen LogP contribution is 2.14. The number of esters is 1. The second kappa shape index (κ2) is 9.44. The molecule has 0 aliphatic heterocycles. The van der Waals surface area contributed by atoms with Crippen molar-refractivity contribution >= 4 is 5.97 Å². The zero-order valence-electron chi connectivity index (χ0n) is 10.8. The molecule has 0 aromatic heterocycles. The molecule has 1 radical (unpaired) electrons. The van der Waals surface area contributed by atoms with Gasteiger partial charge in [0.15, 0.2) is 0 Å². The second-order valence-electron chi connectivity index (χ2n) is 4.30. The molecule has 0 fully saturated rings. The van der Waals surface area contributed by atoms with Crippen LogP contribution < -0.4 is 0 Å². The predicted molar refractivity (Wildman–Crippen MR) is 68.0 cm³/mol. The van der Waals surface area contributed by atoms with E-state index in [0.29, 0.717) is 5.57 Å². The van der Waals surface area contributed by atoms with Crippen LogP contribution in [0.1, 0.15) is 58.8 Å². The molecular weight excluding hydrogens is 200 g/mol. The molecule has 0 rings (SSSR count). The van der Waals surface area contributed by atoms with Crippen LogP contribution in [0.3, 0.4) is 0 Å². The summed E-state index contributed by atoms with van der Waals surface area (Å²) >= 11 is 0. The third-order valence-corrected chi connectivity index (χ3v) is 2.53. The van der Waals surface area contributed by atoms with E-state index in [1.807, 2.05) is 0 Å². The van der Waals surface area contributed by atoms with Gasteiger partial charge in [0.1, 0.15) is 6.10 Å². The molecule has 16 heavy (non-hydrogen) atoms. The number of carbonyl (C=O) groups excluding carboxylic acids is 1. The fourth-order valence-electron chi connectivity index (χ4n) is 1.54. The smallest absolute Gasteiger partial charge is 0.333 e. The first-order chi connectivity index (χ1) is 7.61. The molecule has 0 N–H and O–H groups in total. The van der Waals surface area contributed by atoms with Crippen molar-refractivity contribution in [1.82, 2.24) is 0 Å². The molecule has 1 atom stereocenters. The molecule has 0 saturated carbocycles. The lowest BCUT2D eigenvalue weighted by Crippen LogP contribution is -2.18. The van der Waals surface area contributed by atoms with Crippen LogP contribution in [0.4, 0.5) is 0 Å². The summed E-state index contributed by atoms with van der Waals surface area (Å²) in [6.45, 7) is 11.3. The summed E-state index contributed by atoms with van der Waals surface area (Å²) in [6, 6.07) is 0. The molecule has 2 heteroatoms. The number of hydrogen-bond donors (Lipinski definition) is 0. The summed E-state index contributed by atoms with van der Waals surface area (Å²) in [5, 5.41) is 0. The fraction of sp³-hybridized carbons (Fsp3) is 0.714. The molecule has 0 bridgehead atoms. The maximum absolute atomic E-state index is 11.4. The van der Waals surface area contributed by atoms with E-state index < -0.39 is 0 Å². The van der Waals surface area contributed by atoms with Crippen LogP contribution in [0.15, 0.2) is 12.2 Å². The lowest BCUT2D eigenvalue weighted by atomic mass is 10.1. The summed E-state index contributed by atoms with van der Waals surface area (Å²) < 4.78 is 5.35. The van der Waals surface area contributed by atoms with E-state index in [1.54, 1.807) is 6.92 Å². The van der Waals surface area contributed by atoms with Gasteiger partial charge in [0.25, 0.3) is 0 Å². The summed E-state index contributed by atoms with van der Waals surface area (Å²) in [6.07, 6.45) is 7.47. The Kier molecular flexibility index (Phi) is 8.97. The van der Waals surface area contributed by atoms with Crippen LogP contribution in [0.5, 0.6) is 0 Å². The van der Waals surface area contributed by atoms with Gasteiger partial charge in [-0.15, -0.1) is 0 Å². The molecule has 0 aromatic rings. The monoisotopic (exact) mass is 225 g/mol. The number of unbranched alkanes of at least 4 members (excludes halogenated alkanes) is 3. The fourth-order valence-corrected chi connectivity index (χ4v) is 1.54. The molecule has 0 aromatic carbocycles. The molecule has 0 heterocycles. The Morgan fingerprint density at radius 2 is 1.94 bits per heavy atom. The summed E-state index contributed by atoms with van der Waals surface area (Å²) in [5.74, 6) is -0.269. The van der Waals surface area contributed by atoms with Gasteiger partial charge in [-0.3, -0.25) is 0 Å². The Morgan fingerprint density at radius 1 is 1.25 bits per heavy atom. The average Bonchev–Trinajstić information content (AvgIpc) is 2.24. The lowest BCUT2D eigenvalue weighted by molar-refractivity contribution is -0.144. The predicted octanol–water partition coefficient (Wildman–Crippen LogP) is 4.06. The molecule has 0 amide bonds. The van der Waals surface area contributed by atoms with Gasteiger partial charge in [0, 0.05) is 5.57 Å². The molecule has 1 unspecified atom stereocenters. The van der Waals surface area contributed by atoms with Crippen molar-refractivity contribution in [3.05, 3.63) is 19.1 Å². The average molecular weight is 225 g/mol. The van der Waals surface area contributed by atoms with Crippen molar-refractivity contribution < 1.29 is 9.53 Å². The Morgan fingerprint density at radius 3 is 2.44 bits per heavy atom. The quantitative estimate of drug-likeness (QED) is 0.336. The number of rotatable bonds is 9. The van der Waals surface area contributed by atoms with Crippen LogP contribution >= 0.6 is 0 Å². The number of ether oxygens (including phenoxy) is 1. The van der Waals surface area contributed by atoms with Gasteiger partial charge in [-0.2, -0.15) is 0 Å². The van der Waals surface area contributed by atoms with E-state index in [4.69, 9.17) is 4.74 Å². The van der Waals surface area contributed by atoms with Crippen molar-refractivity contribution in [2.45, 2.75) is 64.9 Å². The molecule has 0 aliphatic carbocycles. The van der Waals surface area contributed by atoms with Gasteiger partial charge in [-0.25, -0.2) is 4.79 Å². The van der Waals surface area contributed by atoms with Gasteiger partial charge in [-0.1, -0.05) is 39.7 Å². The van der Waals surface area contributed by atoms with Gasteiger partial charge >= 0.3 is 5.97 Å². The van der Waals surface area contributed by atoms with Crippen LogP contribution in [0, 0.1) is 6.92 Å². The zero-order chi connectivity index (χ0) is 12.4. The van der Waals surface area contributed by atoms with E-state index in [0.717, 1.165) is 25.7 Å². The Balaban J connectivity index is 3.87. The van der Waals surface area contributed by atoms with Crippen LogP contribution in [-0.2, 0) is 9.53 Å². The van der Waals surface area contributed by atoms with Crippen molar-refractivity contribution in [1.29, 1.82) is 0 Å². The SMILES string of the molecule is [CH2]CCC(CCCCCC)OC(=O)C(=C)C. The minimum Gasteiger partial charge on any atom is -0.459 e. The molecule has 0 aliphatic rings. The van der Waals surface area contributed by atoms with Crippen LogP contribution in [0.2, 0.25) is 0 Å². The summed E-state index contributed by atoms with van der Waals surface area (Å²) in [5.41, 5.74) is 0.475. The van der Waals surface area contributed by atoms with Crippen molar-refractivity contribution in [2.24, 2.45) is 0 Å². The second-order valence-corrected chi connectivity index (χ2v) is 4.30. The molecule has 93 valence electrons. The first-order valence-corrected chi connectivity index (χ1v) is 6.27. The topological polar surface area (TPSA) is 26.3 Å².